The number of fused-ring (bicyclic) bond motifs is 1. The summed E-state index contributed by atoms with van der Waals surface area (Å²) in [6.45, 7) is 9.09. The Balaban J connectivity index is 2.09. The molecule has 0 bridgehead atoms. The second-order valence-electron chi connectivity index (χ2n) is 9.53. The predicted octanol–water partition coefficient (Wildman–Crippen LogP) is 3.55. The Hall–Kier alpha value is -3.39. The van der Waals surface area contributed by atoms with E-state index in [9.17, 15) is 9.59 Å². The maximum Gasteiger partial charge on any atom is 0.333 e. The molecule has 1 heterocycles. The Bertz CT molecular complexity index is 1080. The van der Waals surface area contributed by atoms with E-state index in [1.165, 1.54) is 0 Å². The van der Waals surface area contributed by atoms with E-state index < -0.39 is 23.2 Å². The van der Waals surface area contributed by atoms with Gasteiger partial charge in [0.05, 0.1) is 6.04 Å². The summed E-state index contributed by atoms with van der Waals surface area (Å²) in [6, 6.07) is 13.2. The Kier molecular flexibility index (Phi) is 7.31. The number of nitrogens with two attached hydrogens (primary N) is 2. The monoisotopic (exact) mass is 466 g/mol. The van der Waals surface area contributed by atoms with E-state index in [1.807, 2.05) is 13.0 Å². The highest BCUT2D eigenvalue weighted by molar-refractivity contribution is 5.95. The zero-order chi connectivity index (χ0) is 25.1. The maximum absolute atomic E-state index is 13.6. The first-order chi connectivity index (χ1) is 16.0. The normalized spacial score (nSPS) is 17.9. The van der Waals surface area contributed by atoms with Crippen molar-refractivity contribution in [3.05, 3.63) is 59.7 Å². The molecule has 34 heavy (non-hydrogen) atoms. The summed E-state index contributed by atoms with van der Waals surface area (Å²) in [6.07, 6.45) is 0.771. The van der Waals surface area contributed by atoms with Gasteiger partial charge >= 0.3 is 5.97 Å². The second kappa shape index (κ2) is 9.85. The standard InChI is InChI=1S/C26H34N4O4/c1-6-10-21(30-23(31)17-11-8-7-9-12-17)26(28,24(32)34-25(3,4)5)18-13-14-20-19(15-18)29-22(27)16(2)33-20/h7-9,11-16,21H,6,10,28H2,1-5H3,(H2,27,29)(H,30,31). The molecule has 1 aliphatic rings. The van der Waals surface area contributed by atoms with Gasteiger partial charge in [0.2, 0.25) is 0 Å². The Morgan fingerprint density at radius 3 is 2.47 bits per heavy atom. The number of rotatable bonds is 7. The minimum absolute atomic E-state index is 0.324. The van der Waals surface area contributed by atoms with Gasteiger partial charge < -0.3 is 26.3 Å². The molecule has 1 amide bonds. The van der Waals surface area contributed by atoms with E-state index in [1.54, 1.807) is 70.2 Å². The first kappa shape index (κ1) is 25.2. The molecule has 3 atom stereocenters. The van der Waals surface area contributed by atoms with Crippen LogP contribution in [0.2, 0.25) is 0 Å². The molecule has 0 radical (unpaired) electrons. The van der Waals surface area contributed by atoms with E-state index in [4.69, 9.17) is 20.9 Å². The van der Waals surface area contributed by atoms with Crippen molar-refractivity contribution in [2.45, 2.75) is 70.7 Å². The first-order valence-corrected chi connectivity index (χ1v) is 11.5. The number of nitrogens with zero attached hydrogens (tertiary/aromatic N) is 1. The van der Waals surface area contributed by atoms with Crippen LogP contribution in [-0.2, 0) is 15.1 Å². The van der Waals surface area contributed by atoms with Crippen LogP contribution in [0.5, 0.6) is 5.75 Å². The van der Waals surface area contributed by atoms with Crippen LogP contribution in [0.3, 0.4) is 0 Å². The summed E-state index contributed by atoms with van der Waals surface area (Å²) in [5.41, 5.74) is 11.8. The van der Waals surface area contributed by atoms with Gasteiger partial charge in [-0.05, 0) is 63.9 Å². The average molecular weight is 467 g/mol. The molecule has 0 saturated carbocycles. The lowest BCUT2D eigenvalue weighted by atomic mass is 9.80. The van der Waals surface area contributed by atoms with E-state index in [-0.39, 0.29) is 12.0 Å². The van der Waals surface area contributed by atoms with Gasteiger partial charge in [0.1, 0.15) is 22.9 Å². The SMILES string of the molecule is CCCC(NC(=O)c1ccccc1)C(N)(C(=O)OC(C)(C)C)c1ccc2c(c1)N=C(N)C(C)O2. The molecular weight excluding hydrogens is 432 g/mol. The van der Waals surface area contributed by atoms with Crippen LogP contribution in [0, 0.1) is 0 Å². The number of nitrogens with one attached hydrogen (secondary N) is 1. The van der Waals surface area contributed by atoms with Crippen LogP contribution in [0.25, 0.3) is 0 Å². The number of amidine groups is 1. The third kappa shape index (κ3) is 5.39. The largest absolute Gasteiger partial charge is 0.481 e. The lowest BCUT2D eigenvalue weighted by Gasteiger charge is -2.38. The second-order valence-corrected chi connectivity index (χ2v) is 9.53. The highest BCUT2D eigenvalue weighted by atomic mass is 16.6. The first-order valence-electron chi connectivity index (χ1n) is 11.5. The fraction of sp³-hybridized carbons (Fsp3) is 0.423. The van der Waals surface area contributed by atoms with Crippen molar-refractivity contribution in [3.63, 3.8) is 0 Å². The molecule has 1 aliphatic heterocycles. The fourth-order valence-corrected chi connectivity index (χ4v) is 3.80. The van der Waals surface area contributed by atoms with Crippen LogP contribution >= 0.6 is 0 Å². The molecular formula is C26H34N4O4. The molecule has 3 rings (SSSR count). The summed E-state index contributed by atoms with van der Waals surface area (Å²) in [7, 11) is 0. The Morgan fingerprint density at radius 2 is 1.85 bits per heavy atom. The highest BCUT2D eigenvalue weighted by Crippen LogP contribution is 2.38. The number of ether oxygens (including phenoxy) is 2. The smallest absolute Gasteiger partial charge is 0.333 e. The molecule has 182 valence electrons. The van der Waals surface area contributed by atoms with Crippen molar-refractivity contribution in [2.75, 3.05) is 0 Å². The molecule has 2 aromatic rings. The topological polar surface area (TPSA) is 129 Å². The molecule has 3 unspecified atom stereocenters. The molecule has 0 aromatic heterocycles. The van der Waals surface area contributed by atoms with E-state index in [2.05, 4.69) is 10.3 Å². The van der Waals surface area contributed by atoms with Gasteiger partial charge in [0.15, 0.2) is 11.6 Å². The van der Waals surface area contributed by atoms with Crippen LogP contribution < -0.4 is 21.5 Å². The fourth-order valence-electron chi connectivity index (χ4n) is 3.80. The number of carbonyl (C=O) groups excluding carboxylic acids is 2. The number of benzene rings is 2. The zero-order valence-electron chi connectivity index (χ0n) is 20.4. The van der Waals surface area contributed by atoms with Crippen molar-refractivity contribution < 1.29 is 19.1 Å². The number of aliphatic imine (C=N–C) groups is 1. The maximum atomic E-state index is 13.6. The van der Waals surface area contributed by atoms with E-state index in [0.29, 0.717) is 41.2 Å². The molecule has 8 nitrogen and oxygen atoms in total. The van der Waals surface area contributed by atoms with Gasteiger partial charge in [-0.1, -0.05) is 37.6 Å². The van der Waals surface area contributed by atoms with E-state index in [0.717, 1.165) is 0 Å². The lowest BCUT2D eigenvalue weighted by Crippen LogP contribution is -2.62. The average Bonchev–Trinajstić information content (AvgIpc) is 2.78. The number of hydrogen-bond donors (Lipinski definition) is 3. The third-order valence-electron chi connectivity index (χ3n) is 5.61. The molecule has 0 aliphatic carbocycles. The summed E-state index contributed by atoms with van der Waals surface area (Å²) in [4.78, 5) is 31.1. The van der Waals surface area contributed by atoms with Gasteiger partial charge in [-0.15, -0.1) is 0 Å². The summed E-state index contributed by atoms with van der Waals surface area (Å²) >= 11 is 0. The molecule has 0 fully saturated rings. The van der Waals surface area contributed by atoms with Crippen LogP contribution in [0.15, 0.2) is 53.5 Å². The Labute approximate surface area is 200 Å². The number of esters is 1. The van der Waals surface area contributed by atoms with Gasteiger partial charge in [-0.3, -0.25) is 4.79 Å². The molecule has 0 spiro atoms. The van der Waals surface area contributed by atoms with Gasteiger partial charge in [-0.25, -0.2) is 9.79 Å². The minimum Gasteiger partial charge on any atom is -0.481 e. The number of amides is 1. The van der Waals surface area contributed by atoms with Crippen molar-refractivity contribution in [2.24, 2.45) is 16.5 Å². The minimum atomic E-state index is -1.68. The van der Waals surface area contributed by atoms with E-state index >= 15 is 0 Å². The Morgan fingerprint density at radius 1 is 1.18 bits per heavy atom. The molecule has 5 N–H and O–H groups in total. The zero-order valence-corrected chi connectivity index (χ0v) is 20.4. The molecule has 0 saturated heterocycles. The molecule has 8 heteroatoms. The number of carbonyl (C=O) groups is 2. The number of hydrogen-bond acceptors (Lipinski definition) is 7. The van der Waals surface area contributed by atoms with Crippen molar-refractivity contribution >= 4 is 23.4 Å². The summed E-state index contributed by atoms with van der Waals surface area (Å²) < 4.78 is 11.5. The van der Waals surface area contributed by atoms with Crippen LogP contribution in [0.1, 0.15) is 63.4 Å². The van der Waals surface area contributed by atoms with Crippen molar-refractivity contribution in [1.82, 2.24) is 5.32 Å². The van der Waals surface area contributed by atoms with Gasteiger partial charge in [-0.2, -0.15) is 0 Å². The van der Waals surface area contributed by atoms with Gasteiger partial charge in [0.25, 0.3) is 5.91 Å². The predicted molar refractivity (Wildman–Crippen MR) is 132 cm³/mol. The van der Waals surface area contributed by atoms with Crippen LogP contribution in [-0.4, -0.2) is 35.5 Å². The molecule has 2 aromatic carbocycles. The summed E-state index contributed by atoms with van der Waals surface area (Å²) in [5.74, 6) is -0.104. The van der Waals surface area contributed by atoms with Crippen molar-refractivity contribution in [1.29, 1.82) is 0 Å². The van der Waals surface area contributed by atoms with Crippen LogP contribution in [0.4, 0.5) is 5.69 Å². The highest BCUT2D eigenvalue weighted by Gasteiger charge is 2.47. The quantitative estimate of drug-likeness (QED) is 0.535. The van der Waals surface area contributed by atoms with Gasteiger partial charge in [0, 0.05) is 5.56 Å². The third-order valence-corrected chi connectivity index (χ3v) is 5.61. The van der Waals surface area contributed by atoms with Crippen molar-refractivity contribution in [3.8, 4) is 5.75 Å². The summed E-state index contributed by atoms with van der Waals surface area (Å²) in [5, 5.41) is 2.98. The lowest BCUT2D eigenvalue weighted by molar-refractivity contribution is -0.163.